The van der Waals surface area contributed by atoms with Gasteiger partial charge in [0.25, 0.3) is 0 Å². The normalized spacial score (nSPS) is 14.0. The molecule has 0 bridgehead atoms. The van der Waals surface area contributed by atoms with Gasteiger partial charge in [0.15, 0.2) is 0 Å². The van der Waals surface area contributed by atoms with Crippen LogP contribution >= 0.6 is 0 Å². The number of piperazine rings is 1. The fraction of sp³-hybridized carbons (Fsp3) is 0.353. The summed E-state index contributed by atoms with van der Waals surface area (Å²) in [6, 6.07) is 6.30. The summed E-state index contributed by atoms with van der Waals surface area (Å²) >= 11 is 0. The topological polar surface area (TPSA) is 76.4 Å². The van der Waals surface area contributed by atoms with Crippen molar-refractivity contribution in [3.63, 3.8) is 0 Å². The van der Waals surface area contributed by atoms with Crippen LogP contribution in [0.4, 0.5) is 10.1 Å². The number of carbonyl (C=O) groups is 2. The molecule has 2 amide bonds. The van der Waals surface area contributed by atoms with Gasteiger partial charge in [-0.15, -0.1) is 0 Å². The predicted octanol–water partition coefficient (Wildman–Crippen LogP) is 1.04. The smallest absolute Gasteiger partial charge is 0.243 e. The van der Waals surface area contributed by atoms with Crippen molar-refractivity contribution in [1.29, 1.82) is 5.26 Å². The summed E-state index contributed by atoms with van der Waals surface area (Å²) in [5, 5.41) is 11.3. The van der Waals surface area contributed by atoms with E-state index in [0.29, 0.717) is 31.9 Å². The van der Waals surface area contributed by atoms with Crippen molar-refractivity contribution in [2.45, 2.75) is 6.42 Å². The highest BCUT2D eigenvalue weighted by Crippen LogP contribution is 2.21. The molecule has 7 heteroatoms. The van der Waals surface area contributed by atoms with Crippen LogP contribution in [-0.2, 0) is 9.59 Å². The summed E-state index contributed by atoms with van der Waals surface area (Å²) in [5.74, 6) is -0.774. The third-order valence-corrected chi connectivity index (χ3v) is 3.87. The van der Waals surface area contributed by atoms with Gasteiger partial charge in [-0.05, 0) is 24.3 Å². The fourth-order valence-corrected chi connectivity index (χ4v) is 2.55. The summed E-state index contributed by atoms with van der Waals surface area (Å²) in [4.78, 5) is 26.7. The summed E-state index contributed by atoms with van der Waals surface area (Å²) in [7, 11) is 0. The molecule has 1 heterocycles. The van der Waals surface area contributed by atoms with Gasteiger partial charge in [0, 0.05) is 39.1 Å². The molecule has 0 unspecified atom stereocenters. The Morgan fingerprint density at radius 3 is 2.62 bits per heavy atom. The maximum Gasteiger partial charge on any atom is 0.243 e. The predicted molar refractivity (Wildman–Crippen MR) is 87.7 cm³/mol. The number of halogens is 1. The Kier molecular flexibility index (Phi) is 5.90. The van der Waals surface area contributed by atoms with Gasteiger partial charge in [0.2, 0.25) is 11.8 Å². The van der Waals surface area contributed by atoms with Gasteiger partial charge >= 0.3 is 0 Å². The molecule has 0 saturated carbocycles. The maximum absolute atomic E-state index is 14.0. The average Bonchev–Trinajstić information content (AvgIpc) is 2.61. The molecule has 1 aliphatic rings. The minimum atomic E-state index is -0.430. The standard InChI is InChI=1S/C17H19FN4O2/c1-2-16(23)20-6-5-17(24)22-9-7-21(8-10-22)15-4-3-13(12-19)11-14(15)18/h2-4,11H,1,5-10H2,(H,20,23). The number of hydrogen-bond acceptors (Lipinski definition) is 4. The minimum absolute atomic E-state index is 0.0423. The van der Waals surface area contributed by atoms with Crippen LogP contribution in [0.15, 0.2) is 30.9 Å². The summed E-state index contributed by atoms with van der Waals surface area (Å²) in [5.41, 5.74) is 0.728. The Labute approximate surface area is 140 Å². The first kappa shape index (κ1) is 17.5. The van der Waals surface area contributed by atoms with Gasteiger partial charge < -0.3 is 15.1 Å². The number of hydrogen-bond donors (Lipinski definition) is 1. The molecule has 0 aromatic heterocycles. The van der Waals surface area contributed by atoms with Crippen molar-refractivity contribution in [3.05, 3.63) is 42.2 Å². The lowest BCUT2D eigenvalue weighted by atomic mass is 10.1. The van der Waals surface area contributed by atoms with Crippen LogP contribution in [0.1, 0.15) is 12.0 Å². The molecule has 24 heavy (non-hydrogen) atoms. The zero-order chi connectivity index (χ0) is 17.5. The van der Waals surface area contributed by atoms with E-state index in [-0.39, 0.29) is 30.3 Å². The van der Waals surface area contributed by atoms with E-state index in [9.17, 15) is 14.0 Å². The number of anilines is 1. The van der Waals surface area contributed by atoms with Crippen molar-refractivity contribution < 1.29 is 14.0 Å². The van der Waals surface area contributed by atoms with Gasteiger partial charge in [-0.2, -0.15) is 5.26 Å². The van der Waals surface area contributed by atoms with E-state index in [0.717, 1.165) is 6.08 Å². The summed E-state index contributed by atoms with van der Waals surface area (Å²) in [6.45, 7) is 5.64. The lowest BCUT2D eigenvalue weighted by molar-refractivity contribution is -0.131. The van der Waals surface area contributed by atoms with E-state index in [2.05, 4.69) is 11.9 Å². The third-order valence-electron chi connectivity index (χ3n) is 3.87. The summed E-state index contributed by atoms with van der Waals surface area (Å²) < 4.78 is 14.0. The van der Waals surface area contributed by atoms with E-state index < -0.39 is 5.82 Å². The Morgan fingerprint density at radius 2 is 2.04 bits per heavy atom. The SMILES string of the molecule is C=CC(=O)NCCC(=O)N1CCN(c2ccc(C#N)cc2F)CC1. The van der Waals surface area contributed by atoms with Crippen LogP contribution in [0.3, 0.4) is 0 Å². The molecule has 0 spiro atoms. The molecule has 0 atom stereocenters. The molecular weight excluding hydrogens is 311 g/mol. The molecule has 1 saturated heterocycles. The van der Waals surface area contributed by atoms with E-state index in [1.54, 1.807) is 17.0 Å². The maximum atomic E-state index is 14.0. The van der Waals surface area contributed by atoms with Crippen LogP contribution in [0.25, 0.3) is 0 Å². The van der Waals surface area contributed by atoms with Crippen LogP contribution in [0.2, 0.25) is 0 Å². The molecule has 1 aromatic rings. The molecular formula is C17H19FN4O2. The number of amides is 2. The molecule has 0 aliphatic carbocycles. The Balaban J connectivity index is 1.85. The first-order valence-corrected chi connectivity index (χ1v) is 7.68. The van der Waals surface area contributed by atoms with Crippen molar-refractivity contribution in [2.24, 2.45) is 0 Å². The lowest BCUT2D eigenvalue weighted by Crippen LogP contribution is -2.49. The second-order valence-corrected chi connectivity index (χ2v) is 5.39. The fourth-order valence-electron chi connectivity index (χ4n) is 2.55. The van der Waals surface area contributed by atoms with Gasteiger partial charge in [0.05, 0.1) is 17.3 Å². The Hall–Kier alpha value is -2.88. The highest BCUT2D eigenvalue weighted by atomic mass is 19.1. The molecule has 2 rings (SSSR count). The highest BCUT2D eigenvalue weighted by Gasteiger charge is 2.22. The molecule has 1 aliphatic heterocycles. The Bertz CT molecular complexity index is 676. The molecule has 0 radical (unpaired) electrons. The van der Waals surface area contributed by atoms with Crippen molar-refractivity contribution in [2.75, 3.05) is 37.6 Å². The second-order valence-electron chi connectivity index (χ2n) is 5.39. The molecule has 1 N–H and O–H groups in total. The van der Waals surface area contributed by atoms with E-state index in [1.807, 2.05) is 11.0 Å². The second kappa shape index (κ2) is 8.11. The number of rotatable bonds is 5. The minimum Gasteiger partial charge on any atom is -0.366 e. The zero-order valence-corrected chi connectivity index (χ0v) is 13.3. The van der Waals surface area contributed by atoms with Gasteiger partial charge in [0.1, 0.15) is 5.82 Å². The van der Waals surface area contributed by atoms with Crippen molar-refractivity contribution in [1.82, 2.24) is 10.2 Å². The van der Waals surface area contributed by atoms with Gasteiger partial charge in [-0.25, -0.2) is 4.39 Å². The zero-order valence-electron chi connectivity index (χ0n) is 13.3. The van der Waals surface area contributed by atoms with Crippen LogP contribution < -0.4 is 10.2 Å². The van der Waals surface area contributed by atoms with Gasteiger partial charge in [-0.1, -0.05) is 6.58 Å². The lowest BCUT2D eigenvalue weighted by Gasteiger charge is -2.36. The number of nitrogens with zero attached hydrogens (tertiary/aromatic N) is 3. The summed E-state index contributed by atoms with van der Waals surface area (Å²) in [6.07, 6.45) is 1.39. The van der Waals surface area contributed by atoms with Crippen molar-refractivity contribution >= 4 is 17.5 Å². The quantitative estimate of drug-likeness (QED) is 0.819. The van der Waals surface area contributed by atoms with E-state index in [1.165, 1.54) is 6.07 Å². The first-order chi connectivity index (χ1) is 11.5. The molecule has 1 fully saturated rings. The molecule has 1 aromatic carbocycles. The average molecular weight is 330 g/mol. The largest absolute Gasteiger partial charge is 0.366 e. The number of carbonyl (C=O) groups excluding carboxylic acids is 2. The monoisotopic (exact) mass is 330 g/mol. The molecule has 6 nitrogen and oxygen atoms in total. The Morgan fingerprint density at radius 1 is 1.33 bits per heavy atom. The van der Waals surface area contributed by atoms with E-state index >= 15 is 0 Å². The number of benzene rings is 1. The number of nitriles is 1. The van der Waals surface area contributed by atoms with Crippen LogP contribution in [0, 0.1) is 17.1 Å². The third kappa shape index (κ3) is 4.32. The number of nitrogens with one attached hydrogen (secondary N) is 1. The van der Waals surface area contributed by atoms with Crippen molar-refractivity contribution in [3.8, 4) is 6.07 Å². The molecule has 126 valence electrons. The first-order valence-electron chi connectivity index (χ1n) is 7.68. The van der Waals surface area contributed by atoms with Gasteiger partial charge in [-0.3, -0.25) is 9.59 Å². The highest BCUT2D eigenvalue weighted by molar-refractivity contribution is 5.87. The van der Waals surface area contributed by atoms with Crippen LogP contribution in [-0.4, -0.2) is 49.4 Å². The van der Waals surface area contributed by atoms with E-state index in [4.69, 9.17) is 5.26 Å². The van der Waals surface area contributed by atoms with Crippen LogP contribution in [0.5, 0.6) is 0 Å².